The predicted molar refractivity (Wildman–Crippen MR) is 107 cm³/mol. The van der Waals surface area contributed by atoms with Gasteiger partial charge in [-0.25, -0.2) is 4.98 Å². The lowest BCUT2D eigenvalue weighted by Crippen LogP contribution is -2.07. The quantitative estimate of drug-likeness (QED) is 0.474. The van der Waals surface area contributed by atoms with E-state index in [1.54, 1.807) is 6.20 Å². The predicted octanol–water partition coefficient (Wildman–Crippen LogP) is 5.74. The summed E-state index contributed by atoms with van der Waals surface area (Å²) in [7, 11) is 4.06. The first-order chi connectivity index (χ1) is 12.7. The summed E-state index contributed by atoms with van der Waals surface area (Å²) < 4.78 is 6.09. The molecule has 1 heterocycles. The molecule has 4 rings (SSSR count). The second kappa shape index (κ2) is 6.89. The van der Waals surface area contributed by atoms with Crippen LogP contribution in [0.5, 0.6) is 0 Å². The van der Waals surface area contributed by atoms with Gasteiger partial charge in [0.25, 0.3) is 0 Å². The second-order valence-electron chi connectivity index (χ2n) is 6.38. The van der Waals surface area contributed by atoms with E-state index in [4.69, 9.17) is 4.42 Å². The van der Waals surface area contributed by atoms with Crippen LogP contribution in [-0.4, -0.2) is 19.1 Å². The highest BCUT2D eigenvalue weighted by Crippen LogP contribution is 2.33. The molecule has 3 nitrogen and oxygen atoms in total. The zero-order valence-corrected chi connectivity index (χ0v) is 14.9. The highest BCUT2D eigenvalue weighted by atomic mass is 16.4. The summed E-state index contributed by atoms with van der Waals surface area (Å²) in [6.07, 6.45) is 1.79. The second-order valence-corrected chi connectivity index (χ2v) is 6.38. The lowest BCUT2D eigenvalue weighted by molar-refractivity contribution is 0.589. The van der Waals surface area contributed by atoms with Crippen LogP contribution < -0.4 is 4.90 Å². The molecule has 3 aromatic carbocycles. The Hall–Kier alpha value is -3.33. The van der Waals surface area contributed by atoms with Gasteiger partial charge >= 0.3 is 0 Å². The van der Waals surface area contributed by atoms with Gasteiger partial charge in [-0.3, -0.25) is 0 Å². The van der Waals surface area contributed by atoms with Gasteiger partial charge in [0, 0.05) is 30.9 Å². The van der Waals surface area contributed by atoms with Gasteiger partial charge in [0.15, 0.2) is 5.76 Å². The Morgan fingerprint density at radius 2 is 1.35 bits per heavy atom. The zero-order chi connectivity index (χ0) is 17.9. The average Bonchev–Trinajstić information content (AvgIpc) is 3.19. The van der Waals surface area contributed by atoms with E-state index in [2.05, 4.69) is 52.3 Å². The molecule has 0 atom stereocenters. The summed E-state index contributed by atoms with van der Waals surface area (Å²) in [6.45, 7) is 0. The highest BCUT2D eigenvalue weighted by molar-refractivity contribution is 5.80. The maximum atomic E-state index is 6.09. The van der Waals surface area contributed by atoms with Gasteiger partial charge in [-0.15, -0.1) is 0 Å². The first-order valence-corrected chi connectivity index (χ1v) is 8.61. The molecule has 1 aromatic heterocycles. The molecular formula is C23H20N2O. The molecule has 0 radical (unpaired) electrons. The Labute approximate surface area is 153 Å². The number of benzene rings is 3. The van der Waals surface area contributed by atoms with Crippen LogP contribution in [0.15, 0.2) is 89.5 Å². The molecule has 0 aliphatic carbocycles. The molecule has 128 valence electrons. The molecule has 0 amide bonds. The summed E-state index contributed by atoms with van der Waals surface area (Å²) >= 11 is 0. The van der Waals surface area contributed by atoms with Gasteiger partial charge in [-0.1, -0.05) is 48.5 Å². The maximum Gasteiger partial charge on any atom is 0.227 e. The van der Waals surface area contributed by atoms with Gasteiger partial charge in [0.1, 0.15) is 0 Å². The summed E-state index contributed by atoms with van der Waals surface area (Å²) in [5.41, 5.74) is 5.44. The molecule has 0 unspecified atom stereocenters. The fraction of sp³-hybridized carbons (Fsp3) is 0.0870. The van der Waals surface area contributed by atoms with Crippen molar-refractivity contribution in [2.24, 2.45) is 0 Å². The number of anilines is 1. The fourth-order valence-electron chi connectivity index (χ4n) is 2.99. The molecular weight excluding hydrogens is 320 g/mol. The summed E-state index contributed by atoms with van der Waals surface area (Å²) in [5.74, 6) is 1.41. The van der Waals surface area contributed by atoms with Crippen LogP contribution in [0.3, 0.4) is 0 Å². The number of rotatable bonds is 4. The van der Waals surface area contributed by atoms with Crippen LogP contribution in [0, 0.1) is 0 Å². The van der Waals surface area contributed by atoms with E-state index >= 15 is 0 Å². The van der Waals surface area contributed by atoms with Crippen LogP contribution in [0.1, 0.15) is 0 Å². The van der Waals surface area contributed by atoms with E-state index in [9.17, 15) is 0 Å². The number of oxazole rings is 1. The fourth-order valence-corrected chi connectivity index (χ4v) is 2.99. The third-order valence-electron chi connectivity index (χ3n) is 4.42. The van der Waals surface area contributed by atoms with Gasteiger partial charge in [0.05, 0.1) is 6.20 Å². The van der Waals surface area contributed by atoms with Crippen molar-refractivity contribution >= 4 is 5.69 Å². The van der Waals surface area contributed by atoms with Crippen LogP contribution in [0.2, 0.25) is 0 Å². The Bertz CT molecular complexity index is 1000. The molecule has 26 heavy (non-hydrogen) atoms. The van der Waals surface area contributed by atoms with Crippen molar-refractivity contribution < 1.29 is 4.42 Å². The molecule has 0 aliphatic rings. The minimum Gasteiger partial charge on any atom is -0.436 e. The number of hydrogen-bond acceptors (Lipinski definition) is 3. The number of aromatic nitrogens is 1. The first-order valence-electron chi connectivity index (χ1n) is 8.61. The molecule has 0 spiro atoms. The van der Waals surface area contributed by atoms with Crippen LogP contribution >= 0.6 is 0 Å². The van der Waals surface area contributed by atoms with E-state index in [1.165, 1.54) is 0 Å². The summed E-state index contributed by atoms with van der Waals surface area (Å²) in [4.78, 5) is 6.60. The van der Waals surface area contributed by atoms with E-state index in [0.29, 0.717) is 5.89 Å². The minimum absolute atomic E-state index is 0.635. The van der Waals surface area contributed by atoms with Crippen molar-refractivity contribution in [3.63, 3.8) is 0 Å². The van der Waals surface area contributed by atoms with Gasteiger partial charge in [0.2, 0.25) is 5.89 Å². The number of hydrogen-bond donors (Lipinski definition) is 0. The van der Waals surface area contributed by atoms with Crippen LogP contribution in [-0.2, 0) is 0 Å². The van der Waals surface area contributed by atoms with E-state index in [-0.39, 0.29) is 0 Å². The molecule has 0 saturated carbocycles. The topological polar surface area (TPSA) is 29.3 Å². The van der Waals surface area contributed by atoms with Gasteiger partial charge in [-0.05, 0) is 41.5 Å². The van der Waals surface area contributed by atoms with Crippen molar-refractivity contribution in [3.8, 4) is 33.9 Å². The molecule has 0 saturated heterocycles. The zero-order valence-electron chi connectivity index (χ0n) is 14.9. The summed E-state index contributed by atoms with van der Waals surface area (Å²) in [5, 5.41) is 0. The number of nitrogens with zero attached hydrogens (tertiary/aromatic N) is 2. The molecule has 0 N–H and O–H groups in total. The van der Waals surface area contributed by atoms with Gasteiger partial charge in [-0.2, -0.15) is 0 Å². The van der Waals surface area contributed by atoms with Crippen LogP contribution in [0.25, 0.3) is 33.9 Å². The lowest BCUT2D eigenvalue weighted by atomic mass is 10.00. The van der Waals surface area contributed by atoms with Crippen molar-refractivity contribution in [2.75, 3.05) is 19.0 Å². The maximum absolute atomic E-state index is 6.09. The highest BCUT2D eigenvalue weighted by Gasteiger charge is 2.13. The Morgan fingerprint density at radius 3 is 2.04 bits per heavy atom. The average molecular weight is 340 g/mol. The monoisotopic (exact) mass is 340 g/mol. The smallest absolute Gasteiger partial charge is 0.227 e. The van der Waals surface area contributed by atoms with Crippen molar-refractivity contribution in [3.05, 3.63) is 85.1 Å². The Balaban J connectivity index is 1.71. The molecule has 0 bridgehead atoms. The molecule has 3 heteroatoms. The van der Waals surface area contributed by atoms with Crippen molar-refractivity contribution in [1.29, 1.82) is 0 Å². The van der Waals surface area contributed by atoms with E-state index in [1.807, 2.05) is 50.5 Å². The van der Waals surface area contributed by atoms with E-state index in [0.717, 1.165) is 33.7 Å². The Kier molecular flexibility index (Phi) is 4.28. The van der Waals surface area contributed by atoms with Crippen molar-refractivity contribution in [1.82, 2.24) is 4.98 Å². The standard InChI is InChI=1S/C23H20N2O/c1-25(2)19-14-12-18(13-15-19)22-16-24-23(26-22)21-11-7-6-10-20(21)17-8-4-3-5-9-17/h3-16H,1-2H3. The molecule has 0 aliphatic heterocycles. The first kappa shape index (κ1) is 16.2. The third-order valence-corrected chi connectivity index (χ3v) is 4.42. The summed E-state index contributed by atoms with van der Waals surface area (Å²) in [6, 6.07) is 26.8. The minimum atomic E-state index is 0.635. The molecule has 4 aromatic rings. The lowest BCUT2D eigenvalue weighted by Gasteiger charge is -2.12. The molecule has 0 fully saturated rings. The normalized spacial score (nSPS) is 10.7. The largest absolute Gasteiger partial charge is 0.436 e. The van der Waals surface area contributed by atoms with E-state index < -0.39 is 0 Å². The van der Waals surface area contributed by atoms with Gasteiger partial charge < -0.3 is 9.32 Å². The third kappa shape index (κ3) is 3.11. The Morgan fingerprint density at radius 1 is 0.692 bits per heavy atom. The van der Waals surface area contributed by atoms with Crippen molar-refractivity contribution in [2.45, 2.75) is 0 Å². The van der Waals surface area contributed by atoms with Crippen LogP contribution in [0.4, 0.5) is 5.69 Å². The SMILES string of the molecule is CN(C)c1ccc(-c2cnc(-c3ccccc3-c3ccccc3)o2)cc1.